The molecule has 0 radical (unpaired) electrons. The molecule has 0 fully saturated rings. The van der Waals surface area contributed by atoms with Crippen LogP contribution in [0, 0.1) is 11.8 Å². The predicted octanol–water partition coefficient (Wildman–Crippen LogP) is 0.574. The molecule has 88 valence electrons. The zero-order valence-electron chi connectivity index (χ0n) is 10.5. The maximum absolute atomic E-state index is 10.6. The molecule has 0 saturated carbocycles. The number of hydrogen-bond acceptors (Lipinski definition) is 2. The standard InChI is InChI=1S/2C7H9O.Mg/c2*1-6(8)7-4-2-3-5-7;/h2*2-7H,1H3;/q2*-1;+2. The van der Waals surface area contributed by atoms with Crippen molar-refractivity contribution in [2.45, 2.75) is 26.1 Å². The summed E-state index contributed by atoms with van der Waals surface area (Å²) in [5.74, 6) is 0.296. The van der Waals surface area contributed by atoms with Crippen molar-refractivity contribution in [3.05, 3.63) is 48.6 Å². The monoisotopic (exact) mass is 242 g/mol. The summed E-state index contributed by atoms with van der Waals surface area (Å²) < 4.78 is 0. The first kappa shape index (κ1) is 16.6. The zero-order valence-corrected chi connectivity index (χ0v) is 11.9. The molecule has 0 heterocycles. The van der Waals surface area contributed by atoms with Crippen LogP contribution in [0.1, 0.15) is 13.8 Å². The van der Waals surface area contributed by atoms with E-state index in [0.29, 0.717) is 0 Å². The van der Waals surface area contributed by atoms with Crippen LogP contribution in [0.3, 0.4) is 0 Å². The molecule has 17 heavy (non-hydrogen) atoms. The first-order valence-electron chi connectivity index (χ1n) is 5.63. The molecule has 2 aliphatic rings. The van der Waals surface area contributed by atoms with E-state index >= 15 is 0 Å². The summed E-state index contributed by atoms with van der Waals surface area (Å²) in [4.78, 5) is 0. The van der Waals surface area contributed by atoms with Gasteiger partial charge in [0.1, 0.15) is 0 Å². The van der Waals surface area contributed by atoms with E-state index in [1.807, 2.05) is 48.6 Å². The molecule has 0 spiro atoms. The van der Waals surface area contributed by atoms with Gasteiger partial charge in [-0.05, 0) is 11.8 Å². The maximum Gasteiger partial charge on any atom is 2.00 e. The third kappa shape index (κ3) is 6.22. The number of rotatable bonds is 2. The van der Waals surface area contributed by atoms with E-state index in [-0.39, 0.29) is 34.9 Å². The van der Waals surface area contributed by atoms with Gasteiger partial charge in [0, 0.05) is 0 Å². The second-order valence-electron chi connectivity index (χ2n) is 4.10. The van der Waals surface area contributed by atoms with Gasteiger partial charge in [-0.2, -0.15) is 0 Å². The quantitative estimate of drug-likeness (QED) is 0.665. The third-order valence-electron chi connectivity index (χ3n) is 2.64. The first-order chi connectivity index (χ1) is 7.61. The van der Waals surface area contributed by atoms with E-state index in [9.17, 15) is 10.2 Å². The fourth-order valence-electron chi connectivity index (χ4n) is 1.52. The van der Waals surface area contributed by atoms with Gasteiger partial charge in [0.05, 0.1) is 0 Å². The number of hydrogen-bond donors (Lipinski definition) is 0. The van der Waals surface area contributed by atoms with Crippen LogP contribution in [0.15, 0.2) is 48.6 Å². The molecule has 2 nitrogen and oxygen atoms in total. The van der Waals surface area contributed by atoms with Crippen molar-refractivity contribution >= 4 is 23.1 Å². The second kappa shape index (κ2) is 8.70. The summed E-state index contributed by atoms with van der Waals surface area (Å²) in [6.45, 7) is 3.37. The molecule has 0 aliphatic heterocycles. The molecule has 2 unspecified atom stereocenters. The Morgan fingerprint density at radius 2 is 0.941 bits per heavy atom. The Morgan fingerprint density at radius 3 is 1.06 bits per heavy atom. The molecule has 0 amide bonds. The third-order valence-corrected chi connectivity index (χ3v) is 2.64. The fraction of sp³-hybridized carbons (Fsp3) is 0.429. The summed E-state index contributed by atoms with van der Waals surface area (Å²) in [7, 11) is 0. The normalized spacial score (nSPS) is 20.9. The van der Waals surface area contributed by atoms with Crippen LogP contribution in [0.2, 0.25) is 0 Å². The van der Waals surface area contributed by atoms with E-state index in [4.69, 9.17) is 0 Å². The van der Waals surface area contributed by atoms with Crippen LogP contribution >= 0.6 is 0 Å². The molecule has 0 N–H and O–H groups in total. The van der Waals surface area contributed by atoms with E-state index in [2.05, 4.69) is 0 Å². The smallest absolute Gasteiger partial charge is 0.851 e. The SMILES string of the molecule is CC([O-])C1C=CC=C1.CC([O-])C1C=CC=C1.[Mg+2]. The molecule has 3 heteroatoms. The average molecular weight is 243 g/mol. The minimum absolute atomic E-state index is 0. The topological polar surface area (TPSA) is 46.1 Å². The maximum atomic E-state index is 10.6. The van der Waals surface area contributed by atoms with Crippen molar-refractivity contribution in [3.63, 3.8) is 0 Å². The minimum Gasteiger partial charge on any atom is -0.851 e. The van der Waals surface area contributed by atoms with Crippen LogP contribution in [-0.4, -0.2) is 35.3 Å². The van der Waals surface area contributed by atoms with Crippen molar-refractivity contribution in [2.75, 3.05) is 0 Å². The zero-order chi connectivity index (χ0) is 12.0. The van der Waals surface area contributed by atoms with Gasteiger partial charge < -0.3 is 10.2 Å². The van der Waals surface area contributed by atoms with Gasteiger partial charge in [-0.25, -0.2) is 0 Å². The van der Waals surface area contributed by atoms with Crippen LogP contribution in [0.4, 0.5) is 0 Å². The van der Waals surface area contributed by atoms with Gasteiger partial charge in [0.25, 0.3) is 0 Å². The van der Waals surface area contributed by atoms with Crippen molar-refractivity contribution in [1.29, 1.82) is 0 Å². The molecular formula is C14H18MgO2. The Morgan fingerprint density at radius 1 is 0.706 bits per heavy atom. The molecule has 2 aliphatic carbocycles. The second-order valence-corrected chi connectivity index (χ2v) is 4.10. The molecular weight excluding hydrogens is 224 g/mol. The molecule has 0 saturated heterocycles. The Balaban J connectivity index is 0.000000284. The number of allylic oxidation sites excluding steroid dienone is 4. The summed E-state index contributed by atoms with van der Waals surface area (Å²) in [5, 5.41) is 21.3. The Labute approximate surface area is 120 Å². The van der Waals surface area contributed by atoms with Crippen molar-refractivity contribution in [2.24, 2.45) is 11.8 Å². The summed E-state index contributed by atoms with van der Waals surface area (Å²) in [6.07, 6.45) is 14.4. The summed E-state index contributed by atoms with van der Waals surface area (Å²) >= 11 is 0. The Kier molecular flexibility index (Phi) is 8.51. The summed E-state index contributed by atoms with van der Waals surface area (Å²) in [5.41, 5.74) is 0. The largest absolute Gasteiger partial charge is 2.00 e. The first-order valence-corrected chi connectivity index (χ1v) is 5.63. The molecule has 0 aromatic carbocycles. The average Bonchev–Trinajstić information content (AvgIpc) is 2.93. The van der Waals surface area contributed by atoms with Crippen molar-refractivity contribution in [1.82, 2.24) is 0 Å². The van der Waals surface area contributed by atoms with E-state index < -0.39 is 12.2 Å². The molecule has 2 atom stereocenters. The molecule has 0 bridgehead atoms. The van der Waals surface area contributed by atoms with Crippen LogP contribution in [0.25, 0.3) is 0 Å². The van der Waals surface area contributed by atoms with Gasteiger partial charge >= 0.3 is 23.1 Å². The van der Waals surface area contributed by atoms with Gasteiger partial charge in [-0.15, -0.1) is 12.2 Å². The minimum atomic E-state index is -0.481. The Hall–Kier alpha value is -0.354. The van der Waals surface area contributed by atoms with Crippen molar-refractivity contribution in [3.8, 4) is 0 Å². The molecule has 0 aromatic heterocycles. The molecule has 0 aromatic rings. The van der Waals surface area contributed by atoms with Gasteiger partial charge in [-0.3, -0.25) is 0 Å². The van der Waals surface area contributed by atoms with E-state index in [1.54, 1.807) is 13.8 Å². The van der Waals surface area contributed by atoms with Crippen LogP contribution in [-0.2, 0) is 0 Å². The molecule has 2 rings (SSSR count). The van der Waals surface area contributed by atoms with Gasteiger partial charge in [-0.1, -0.05) is 62.5 Å². The Bertz CT molecular complexity index is 258. The van der Waals surface area contributed by atoms with Crippen LogP contribution in [0.5, 0.6) is 0 Å². The van der Waals surface area contributed by atoms with E-state index in [1.165, 1.54) is 0 Å². The van der Waals surface area contributed by atoms with Gasteiger partial charge in [0.15, 0.2) is 0 Å². The van der Waals surface area contributed by atoms with Crippen LogP contribution < -0.4 is 10.2 Å². The van der Waals surface area contributed by atoms with E-state index in [0.717, 1.165) is 0 Å². The fourth-order valence-corrected chi connectivity index (χ4v) is 1.52. The van der Waals surface area contributed by atoms with Gasteiger partial charge in [0.2, 0.25) is 0 Å². The van der Waals surface area contributed by atoms with Crippen molar-refractivity contribution < 1.29 is 10.2 Å². The predicted molar refractivity (Wildman–Crippen MR) is 68.2 cm³/mol. The summed E-state index contributed by atoms with van der Waals surface area (Å²) in [6, 6.07) is 0.